The topological polar surface area (TPSA) is 143 Å². The van der Waals surface area contributed by atoms with Crippen molar-refractivity contribution < 1.29 is 19.4 Å². The first-order valence-corrected chi connectivity index (χ1v) is 11.0. The molecule has 0 spiro atoms. The maximum atomic E-state index is 12.5. The number of nitrogens with zero attached hydrogens (tertiary/aromatic N) is 1. The van der Waals surface area contributed by atoms with E-state index in [2.05, 4.69) is 10.7 Å². The Labute approximate surface area is 203 Å². The third-order valence-electron chi connectivity index (χ3n) is 5.82. The molecular formula is C26H27N5O4. The molecule has 2 amide bonds. The molecule has 1 aliphatic rings. The first-order chi connectivity index (χ1) is 16.9. The average molecular weight is 474 g/mol. The van der Waals surface area contributed by atoms with Crippen LogP contribution in [0.3, 0.4) is 0 Å². The van der Waals surface area contributed by atoms with Gasteiger partial charge in [0.25, 0.3) is 5.91 Å². The number of carbonyl (C=O) groups is 2. The number of hydrazine groups is 1. The number of hydrogen-bond donors (Lipinski definition) is 5. The van der Waals surface area contributed by atoms with E-state index < -0.39 is 11.9 Å². The van der Waals surface area contributed by atoms with E-state index in [9.17, 15) is 14.7 Å². The van der Waals surface area contributed by atoms with Crippen molar-refractivity contribution in [3.8, 4) is 5.75 Å². The van der Waals surface area contributed by atoms with Crippen LogP contribution in [0.25, 0.3) is 0 Å². The molecule has 0 aromatic heterocycles. The fourth-order valence-corrected chi connectivity index (χ4v) is 3.94. The van der Waals surface area contributed by atoms with Gasteiger partial charge in [0.15, 0.2) is 0 Å². The third-order valence-corrected chi connectivity index (χ3v) is 5.82. The molecule has 0 saturated carbocycles. The number of amides is 2. The van der Waals surface area contributed by atoms with Crippen LogP contribution in [0.15, 0.2) is 84.2 Å². The number of benzene rings is 3. The summed E-state index contributed by atoms with van der Waals surface area (Å²) in [6, 6.07) is 21.1. The standard InChI is InChI=1S/C26H27N5O4/c1-35-21-5-3-2-4-20(21)26(34)29-14-16-6-10-18(11-7-16)23-22(25(28)33)24(27)31(30-23)19-12-8-17(15-32)9-13-19/h2-13,23,30,32H,14-15,27H2,1H3,(H2,28,33)(H,29,34). The number of nitrogens with one attached hydrogen (secondary N) is 2. The Kier molecular flexibility index (Phi) is 7.00. The molecule has 0 fully saturated rings. The van der Waals surface area contributed by atoms with Crippen LogP contribution in [-0.4, -0.2) is 24.0 Å². The molecule has 1 aliphatic heterocycles. The van der Waals surface area contributed by atoms with Crippen LogP contribution in [-0.2, 0) is 17.9 Å². The van der Waals surface area contributed by atoms with Crippen LogP contribution in [0, 0.1) is 0 Å². The van der Waals surface area contributed by atoms with Gasteiger partial charge in [-0.25, -0.2) is 5.43 Å². The Morgan fingerprint density at radius 2 is 1.69 bits per heavy atom. The minimum atomic E-state index is -0.623. The number of carbonyl (C=O) groups excluding carboxylic acids is 2. The smallest absolute Gasteiger partial charge is 0.255 e. The van der Waals surface area contributed by atoms with Gasteiger partial charge < -0.3 is 26.6 Å². The van der Waals surface area contributed by atoms with Crippen molar-refractivity contribution in [3.05, 3.63) is 106 Å². The van der Waals surface area contributed by atoms with Gasteiger partial charge in [-0.3, -0.25) is 14.6 Å². The maximum absolute atomic E-state index is 12.5. The Hall–Kier alpha value is -4.34. The normalized spacial score (nSPS) is 15.3. The van der Waals surface area contributed by atoms with E-state index in [1.54, 1.807) is 53.5 Å². The first kappa shape index (κ1) is 23.8. The highest BCUT2D eigenvalue weighted by atomic mass is 16.5. The zero-order valence-electron chi connectivity index (χ0n) is 19.2. The molecular weight excluding hydrogens is 446 g/mol. The van der Waals surface area contributed by atoms with Crippen LogP contribution in [0.4, 0.5) is 5.69 Å². The fraction of sp³-hybridized carbons (Fsp3) is 0.154. The molecule has 180 valence electrons. The molecule has 1 heterocycles. The summed E-state index contributed by atoms with van der Waals surface area (Å²) in [5, 5.41) is 13.8. The average Bonchev–Trinajstić information content (AvgIpc) is 3.24. The molecule has 1 unspecified atom stereocenters. The molecule has 4 rings (SSSR count). The van der Waals surface area contributed by atoms with Gasteiger partial charge in [0.1, 0.15) is 11.6 Å². The highest BCUT2D eigenvalue weighted by molar-refractivity contribution is 5.97. The van der Waals surface area contributed by atoms with Crippen molar-refractivity contribution in [3.63, 3.8) is 0 Å². The van der Waals surface area contributed by atoms with Gasteiger partial charge >= 0.3 is 0 Å². The zero-order chi connectivity index (χ0) is 24.9. The monoisotopic (exact) mass is 473 g/mol. The van der Waals surface area contributed by atoms with Gasteiger partial charge in [0.2, 0.25) is 5.91 Å². The van der Waals surface area contributed by atoms with Crippen LogP contribution in [0.2, 0.25) is 0 Å². The summed E-state index contributed by atoms with van der Waals surface area (Å²) >= 11 is 0. The number of aliphatic hydroxyl groups is 1. The number of nitrogens with two attached hydrogens (primary N) is 2. The first-order valence-electron chi connectivity index (χ1n) is 11.0. The lowest BCUT2D eigenvalue weighted by Crippen LogP contribution is -2.36. The summed E-state index contributed by atoms with van der Waals surface area (Å²) < 4.78 is 5.25. The lowest BCUT2D eigenvalue weighted by atomic mass is 9.98. The van der Waals surface area contributed by atoms with E-state index in [4.69, 9.17) is 16.2 Å². The Bertz CT molecular complexity index is 1260. The molecule has 1 atom stereocenters. The fourth-order valence-electron chi connectivity index (χ4n) is 3.94. The van der Waals surface area contributed by atoms with Gasteiger partial charge in [-0.15, -0.1) is 0 Å². The lowest BCUT2D eigenvalue weighted by molar-refractivity contribution is -0.114. The molecule has 9 heteroatoms. The second-order valence-corrected chi connectivity index (χ2v) is 8.01. The molecule has 0 aliphatic carbocycles. The highest BCUT2D eigenvalue weighted by Crippen LogP contribution is 2.33. The van der Waals surface area contributed by atoms with Crippen molar-refractivity contribution >= 4 is 17.5 Å². The second-order valence-electron chi connectivity index (χ2n) is 8.01. The number of hydrogen-bond acceptors (Lipinski definition) is 7. The lowest BCUT2D eigenvalue weighted by Gasteiger charge is -2.22. The number of rotatable bonds is 8. The largest absolute Gasteiger partial charge is 0.496 e. The van der Waals surface area contributed by atoms with E-state index in [0.29, 0.717) is 23.5 Å². The van der Waals surface area contributed by atoms with E-state index in [1.165, 1.54) is 7.11 Å². The highest BCUT2D eigenvalue weighted by Gasteiger charge is 2.35. The molecule has 0 saturated heterocycles. The molecule has 0 radical (unpaired) electrons. The predicted molar refractivity (Wildman–Crippen MR) is 132 cm³/mol. The summed E-state index contributed by atoms with van der Waals surface area (Å²) in [6.07, 6.45) is 0. The van der Waals surface area contributed by atoms with Crippen molar-refractivity contribution in [1.29, 1.82) is 0 Å². The number of primary amides is 1. The van der Waals surface area contributed by atoms with Gasteiger partial charge in [-0.2, -0.15) is 0 Å². The summed E-state index contributed by atoms with van der Waals surface area (Å²) in [7, 11) is 1.52. The van der Waals surface area contributed by atoms with Crippen molar-refractivity contribution in [2.45, 2.75) is 19.2 Å². The Balaban J connectivity index is 1.48. The van der Waals surface area contributed by atoms with E-state index in [0.717, 1.165) is 16.7 Å². The predicted octanol–water partition coefficient (Wildman–Crippen LogP) is 1.84. The summed E-state index contributed by atoms with van der Waals surface area (Å²) in [5.74, 6) is -0.139. The quantitative estimate of drug-likeness (QED) is 0.336. The van der Waals surface area contributed by atoms with Crippen LogP contribution >= 0.6 is 0 Å². The number of aliphatic hydroxyl groups excluding tert-OH is 1. The minimum Gasteiger partial charge on any atom is -0.496 e. The molecule has 3 aromatic rings. The van der Waals surface area contributed by atoms with E-state index in [-0.39, 0.29) is 23.9 Å². The van der Waals surface area contributed by atoms with E-state index in [1.807, 2.05) is 24.3 Å². The minimum absolute atomic E-state index is 0.0696. The molecule has 9 nitrogen and oxygen atoms in total. The number of ether oxygens (including phenoxy) is 1. The van der Waals surface area contributed by atoms with Crippen molar-refractivity contribution in [1.82, 2.24) is 10.7 Å². The SMILES string of the molecule is COc1ccccc1C(=O)NCc1ccc(C2NN(c3ccc(CO)cc3)C(N)=C2C(N)=O)cc1. The molecule has 7 N–H and O–H groups in total. The number of anilines is 1. The summed E-state index contributed by atoms with van der Waals surface area (Å²) in [6.45, 7) is 0.249. The molecule has 35 heavy (non-hydrogen) atoms. The van der Waals surface area contributed by atoms with Gasteiger partial charge in [-0.1, -0.05) is 48.5 Å². The second kappa shape index (κ2) is 10.3. The number of para-hydroxylation sites is 1. The van der Waals surface area contributed by atoms with Gasteiger partial charge in [-0.05, 0) is 41.0 Å². The molecule has 0 bridgehead atoms. The van der Waals surface area contributed by atoms with Gasteiger partial charge in [0, 0.05) is 6.54 Å². The third kappa shape index (κ3) is 4.96. The molecule has 3 aromatic carbocycles. The number of methoxy groups -OCH3 is 1. The zero-order valence-corrected chi connectivity index (χ0v) is 19.2. The van der Waals surface area contributed by atoms with Crippen molar-refractivity contribution in [2.75, 3.05) is 12.1 Å². The van der Waals surface area contributed by atoms with Crippen LogP contribution in [0.1, 0.15) is 33.1 Å². The summed E-state index contributed by atoms with van der Waals surface area (Å²) in [5.41, 5.74) is 19.0. The van der Waals surface area contributed by atoms with Gasteiger partial charge in [0.05, 0.1) is 36.6 Å². The Morgan fingerprint density at radius 3 is 2.31 bits per heavy atom. The summed E-state index contributed by atoms with van der Waals surface area (Å²) in [4.78, 5) is 24.8. The Morgan fingerprint density at radius 1 is 1.03 bits per heavy atom. The van der Waals surface area contributed by atoms with E-state index >= 15 is 0 Å². The van der Waals surface area contributed by atoms with Crippen LogP contribution in [0.5, 0.6) is 5.75 Å². The van der Waals surface area contributed by atoms with Crippen LogP contribution < -0.4 is 32.0 Å². The maximum Gasteiger partial charge on any atom is 0.255 e. The van der Waals surface area contributed by atoms with Crippen molar-refractivity contribution in [2.24, 2.45) is 11.5 Å².